The molecule has 2 rings (SSSR count). The summed E-state index contributed by atoms with van der Waals surface area (Å²) in [5, 5.41) is 0. The molecule has 4 heteroatoms. The fourth-order valence-electron chi connectivity index (χ4n) is 1.76. The summed E-state index contributed by atoms with van der Waals surface area (Å²) in [5.41, 5.74) is 2.68. The lowest BCUT2D eigenvalue weighted by Gasteiger charge is -2.08. The molecule has 1 amide bonds. The molecule has 2 unspecified atom stereocenters. The molecule has 1 aliphatic rings. The Morgan fingerprint density at radius 1 is 1.56 bits per heavy atom. The van der Waals surface area contributed by atoms with Crippen molar-refractivity contribution in [2.45, 2.75) is 25.0 Å². The minimum absolute atomic E-state index is 0.142. The van der Waals surface area contributed by atoms with Crippen molar-refractivity contribution in [3.8, 4) is 0 Å². The molecule has 1 aliphatic heterocycles. The number of ether oxygens (including phenoxy) is 1. The minimum atomic E-state index is -0.307. The van der Waals surface area contributed by atoms with E-state index in [9.17, 15) is 4.79 Å². The Kier molecular flexibility index (Phi) is 3.79. The van der Waals surface area contributed by atoms with E-state index in [1.165, 1.54) is 0 Å². The van der Waals surface area contributed by atoms with Crippen LogP contribution in [-0.2, 0) is 9.57 Å². The van der Waals surface area contributed by atoms with E-state index in [4.69, 9.17) is 9.57 Å². The van der Waals surface area contributed by atoms with Crippen LogP contribution in [0, 0.1) is 0 Å². The molecule has 1 N–H and O–H groups in total. The van der Waals surface area contributed by atoms with Gasteiger partial charge in [-0.15, -0.1) is 6.58 Å². The van der Waals surface area contributed by atoms with Gasteiger partial charge in [0, 0.05) is 5.56 Å². The third kappa shape index (κ3) is 2.97. The van der Waals surface area contributed by atoms with Gasteiger partial charge in [-0.3, -0.25) is 9.63 Å². The molecule has 0 bridgehead atoms. The van der Waals surface area contributed by atoms with Gasteiger partial charge in [0.15, 0.2) is 0 Å². The minimum Gasteiger partial charge on any atom is -0.363 e. The molecule has 0 radical (unpaired) electrons. The fraction of sp³-hybridized carbons (Fsp3) is 0.357. The van der Waals surface area contributed by atoms with Gasteiger partial charge in [-0.2, -0.15) is 0 Å². The molecule has 96 valence electrons. The van der Waals surface area contributed by atoms with E-state index in [0.29, 0.717) is 12.2 Å². The number of epoxide rings is 1. The van der Waals surface area contributed by atoms with Gasteiger partial charge in [-0.1, -0.05) is 24.3 Å². The molecule has 4 nitrogen and oxygen atoms in total. The van der Waals surface area contributed by atoms with Gasteiger partial charge in [0.1, 0.15) is 12.2 Å². The number of rotatable bonds is 6. The van der Waals surface area contributed by atoms with Gasteiger partial charge >= 0.3 is 0 Å². The summed E-state index contributed by atoms with van der Waals surface area (Å²) in [7, 11) is 0. The van der Waals surface area contributed by atoms with Crippen molar-refractivity contribution in [2.24, 2.45) is 0 Å². The summed E-state index contributed by atoms with van der Waals surface area (Å²) in [6.45, 7) is 5.96. The Bertz CT molecular complexity index is 432. The third-order valence-electron chi connectivity index (χ3n) is 2.98. The van der Waals surface area contributed by atoms with Crippen LogP contribution in [0.5, 0.6) is 0 Å². The summed E-state index contributed by atoms with van der Waals surface area (Å²) in [5.74, 6) is -0.250. The number of amides is 1. The summed E-state index contributed by atoms with van der Waals surface area (Å²) >= 11 is 0. The molecule has 18 heavy (non-hydrogen) atoms. The topological polar surface area (TPSA) is 50.9 Å². The Labute approximate surface area is 107 Å². The lowest BCUT2D eigenvalue weighted by Crippen LogP contribution is -2.29. The highest BCUT2D eigenvalue weighted by atomic mass is 16.7. The van der Waals surface area contributed by atoms with Gasteiger partial charge in [-0.25, -0.2) is 5.48 Å². The van der Waals surface area contributed by atoms with Crippen molar-refractivity contribution in [3.05, 3.63) is 48.6 Å². The van der Waals surface area contributed by atoms with Crippen molar-refractivity contribution in [1.29, 1.82) is 0 Å². The zero-order valence-corrected chi connectivity index (χ0v) is 10.4. The Morgan fingerprint density at radius 2 is 2.28 bits per heavy atom. The summed E-state index contributed by atoms with van der Waals surface area (Å²) in [4.78, 5) is 16.9. The van der Waals surface area contributed by atoms with Crippen molar-refractivity contribution in [1.82, 2.24) is 5.48 Å². The van der Waals surface area contributed by atoms with Crippen molar-refractivity contribution >= 4 is 5.91 Å². The number of hydrogen-bond donors (Lipinski definition) is 1. The highest BCUT2D eigenvalue weighted by molar-refractivity contribution is 5.93. The predicted octanol–water partition coefficient (Wildman–Crippen LogP) is 2.08. The molecule has 0 aliphatic carbocycles. The van der Waals surface area contributed by atoms with Crippen LogP contribution in [0.1, 0.15) is 23.7 Å². The van der Waals surface area contributed by atoms with Crippen LogP contribution in [0.3, 0.4) is 0 Å². The lowest BCUT2D eigenvalue weighted by atomic mass is 10.1. The zero-order valence-electron chi connectivity index (χ0n) is 10.4. The van der Waals surface area contributed by atoms with E-state index in [1.54, 1.807) is 24.3 Å². The second-order valence-corrected chi connectivity index (χ2v) is 4.53. The molecule has 1 aromatic rings. The number of benzene rings is 1. The third-order valence-corrected chi connectivity index (χ3v) is 2.98. The Hall–Kier alpha value is -1.65. The molecule has 1 saturated heterocycles. The normalized spacial score (nSPS) is 25.5. The largest absolute Gasteiger partial charge is 0.363 e. The first-order valence-corrected chi connectivity index (χ1v) is 5.91. The van der Waals surface area contributed by atoms with Crippen LogP contribution in [0.15, 0.2) is 43.0 Å². The molecule has 0 spiro atoms. The first-order valence-electron chi connectivity index (χ1n) is 5.91. The maximum absolute atomic E-state index is 11.7. The smallest absolute Gasteiger partial charge is 0.274 e. The number of carbonyl (C=O) groups is 1. The van der Waals surface area contributed by atoms with Crippen LogP contribution < -0.4 is 5.48 Å². The first-order chi connectivity index (χ1) is 8.65. The SMILES string of the molecule is C=CCC1OC1(C)CONC(=O)c1ccccc1. The number of hydrogen-bond acceptors (Lipinski definition) is 3. The first kappa shape index (κ1) is 12.8. The van der Waals surface area contributed by atoms with Gasteiger partial charge in [0.05, 0.1) is 6.10 Å². The molecule has 1 aromatic carbocycles. The monoisotopic (exact) mass is 247 g/mol. The van der Waals surface area contributed by atoms with Gasteiger partial charge < -0.3 is 4.74 Å². The maximum atomic E-state index is 11.7. The highest BCUT2D eigenvalue weighted by Crippen LogP contribution is 2.38. The van der Waals surface area contributed by atoms with Crippen molar-refractivity contribution in [3.63, 3.8) is 0 Å². The van der Waals surface area contributed by atoms with Gasteiger partial charge in [0.25, 0.3) is 5.91 Å². The Morgan fingerprint density at radius 3 is 2.94 bits per heavy atom. The van der Waals surface area contributed by atoms with Crippen LogP contribution >= 0.6 is 0 Å². The summed E-state index contributed by atoms with van der Waals surface area (Å²) in [6.07, 6.45) is 2.76. The Balaban J connectivity index is 1.73. The van der Waals surface area contributed by atoms with Gasteiger partial charge in [-0.05, 0) is 25.5 Å². The quantitative estimate of drug-likeness (QED) is 0.475. The van der Waals surface area contributed by atoms with E-state index >= 15 is 0 Å². The fourth-order valence-corrected chi connectivity index (χ4v) is 1.76. The average molecular weight is 247 g/mol. The molecule has 1 heterocycles. The number of hydroxylamine groups is 1. The van der Waals surface area contributed by atoms with E-state index in [0.717, 1.165) is 6.42 Å². The van der Waals surface area contributed by atoms with Crippen molar-refractivity contribution in [2.75, 3.05) is 6.61 Å². The number of carbonyl (C=O) groups excluding carboxylic acids is 1. The molecule has 0 saturated carbocycles. The molecular weight excluding hydrogens is 230 g/mol. The molecule has 0 aromatic heterocycles. The van der Waals surface area contributed by atoms with Crippen molar-refractivity contribution < 1.29 is 14.4 Å². The van der Waals surface area contributed by atoms with Crippen LogP contribution in [-0.4, -0.2) is 24.2 Å². The van der Waals surface area contributed by atoms with Crippen LogP contribution in [0.25, 0.3) is 0 Å². The van der Waals surface area contributed by atoms with E-state index in [1.807, 2.05) is 19.1 Å². The second kappa shape index (κ2) is 5.33. The summed E-state index contributed by atoms with van der Waals surface area (Å²) in [6, 6.07) is 8.93. The van der Waals surface area contributed by atoms with Crippen LogP contribution in [0.2, 0.25) is 0 Å². The number of nitrogens with one attached hydrogen (secondary N) is 1. The maximum Gasteiger partial charge on any atom is 0.274 e. The standard InChI is InChI=1S/C14H17NO3/c1-3-7-12-14(2,18-12)10-17-15-13(16)11-8-5-4-6-9-11/h3-6,8-9,12H,1,7,10H2,2H3,(H,15,16). The molecule has 1 fully saturated rings. The van der Waals surface area contributed by atoms with E-state index in [-0.39, 0.29) is 17.6 Å². The highest BCUT2D eigenvalue weighted by Gasteiger charge is 2.51. The zero-order chi connectivity index (χ0) is 13.0. The predicted molar refractivity (Wildman–Crippen MR) is 68.0 cm³/mol. The lowest BCUT2D eigenvalue weighted by molar-refractivity contribution is 0.0115. The summed E-state index contributed by atoms with van der Waals surface area (Å²) < 4.78 is 5.48. The van der Waals surface area contributed by atoms with Gasteiger partial charge in [0.2, 0.25) is 0 Å². The van der Waals surface area contributed by atoms with E-state index < -0.39 is 0 Å². The average Bonchev–Trinajstić information content (AvgIpc) is 3.01. The van der Waals surface area contributed by atoms with E-state index in [2.05, 4.69) is 12.1 Å². The molecular formula is C14H17NO3. The second-order valence-electron chi connectivity index (χ2n) is 4.53. The molecule has 2 atom stereocenters. The van der Waals surface area contributed by atoms with Crippen LogP contribution in [0.4, 0.5) is 0 Å².